The van der Waals surface area contributed by atoms with E-state index in [1.807, 2.05) is 6.92 Å². The van der Waals surface area contributed by atoms with E-state index in [-0.39, 0.29) is 5.41 Å². The molecule has 19 heavy (non-hydrogen) atoms. The van der Waals surface area contributed by atoms with Gasteiger partial charge >= 0.3 is 0 Å². The van der Waals surface area contributed by atoms with Gasteiger partial charge in [0.05, 0.1) is 0 Å². The molecule has 108 valence electrons. The first kappa shape index (κ1) is 15.7. The summed E-state index contributed by atoms with van der Waals surface area (Å²) in [6.45, 7) is 12.6. The number of hydrogen-bond acceptors (Lipinski definition) is 5. The van der Waals surface area contributed by atoms with Crippen molar-refractivity contribution in [1.82, 2.24) is 9.97 Å². The molecule has 1 heterocycles. The second kappa shape index (κ2) is 6.19. The van der Waals surface area contributed by atoms with Gasteiger partial charge in [-0.3, -0.25) is 0 Å². The van der Waals surface area contributed by atoms with E-state index in [0.29, 0.717) is 11.9 Å². The third-order valence-electron chi connectivity index (χ3n) is 3.28. The molecule has 0 saturated heterocycles. The summed E-state index contributed by atoms with van der Waals surface area (Å²) in [4.78, 5) is 9.16. The lowest BCUT2D eigenvalue weighted by Gasteiger charge is -2.23. The molecule has 0 saturated carbocycles. The molecule has 0 amide bonds. The maximum absolute atomic E-state index is 5.56. The molecular weight excluding hydrogens is 238 g/mol. The van der Waals surface area contributed by atoms with Gasteiger partial charge in [-0.05, 0) is 19.8 Å². The minimum atomic E-state index is -0.107. The lowest BCUT2D eigenvalue weighted by molar-refractivity contribution is 0.544. The van der Waals surface area contributed by atoms with Crippen molar-refractivity contribution in [3.05, 3.63) is 11.4 Å². The Balaban J connectivity index is 3.22. The summed E-state index contributed by atoms with van der Waals surface area (Å²) in [6, 6.07) is 0.423. The van der Waals surface area contributed by atoms with Gasteiger partial charge in [0.2, 0.25) is 0 Å². The van der Waals surface area contributed by atoms with Crippen molar-refractivity contribution in [2.45, 2.75) is 65.8 Å². The normalized spacial score (nSPS) is 11.8. The third kappa shape index (κ3) is 3.80. The predicted octanol–water partition coefficient (Wildman–Crippen LogP) is 2.97. The molecule has 0 spiro atoms. The third-order valence-corrected chi connectivity index (χ3v) is 3.28. The average Bonchev–Trinajstić information content (AvgIpc) is 2.36. The van der Waals surface area contributed by atoms with Crippen molar-refractivity contribution >= 4 is 11.6 Å². The van der Waals surface area contributed by atoms with Gasteiger partial charge in [0, 0.05) is 17.0 Å². The molecule has 4 N–H and O–H groups in total. The molecule has 5 nitrogen and oxygen atoms in total. The first-order valence-electron chi connectivity index (χ1n) is 6.95. The van der Waals surface area contributed by atoms with Crippen LogP contribution in [0.2, 0.25) is 0 Å². The fourth-order valence-electron chi connectivity index (χ4n) is 1.82. The van der Waals surface area contributed by atoms with Crippen LogP contribution in [0.1, 0.15) is 58.8 Å². The summed E-state index contributed by atoms with van der Waals surface area (Å²) >= 11 is 0. The summed E-state index contributed by atoms with van der Waals surface area (Å²) in [5.74, 6) is 7.92. The highest BCUT2D eigenvalue weighted by Gasteiger charge is 2.21. The number of nitrogen functional groups attached to an aromatic ring is 1. The Hall–Kier alpha value is -1.36. The number of hydrazine groups is 1. The fourth-order valence-corrected chi connectivity index (χ4v) is 1.82. The molecule has 1 rings (SSSR count). The maximum Gasteiger partial charge on any atom is 0.148 e. The van der Waals surface area contributed by atoms with E-state index >= 15 is 0 Å². The molecule has 0 aromatic carbocycles. The van der Waals surface area contributed by atoms with Gasteiger partial charge in [-0.15, -0.1) is 0 Å². The van der Waals surface area contributed by atoms with E-state index in [9.17, 15) is 0 Å². The molecule has 0 bridgehead atoms. The van der Waals surface area contributed by atoms with Gasteiger partial charge in [-0.25, -0.2) is 15.8 Å². The number of nitrogens with two attached hydrogens (primary N) is 1. The molecule has 0 atom stereocenters. The van der Waals surface area contributed by atoms with Crippen molar-refractivity contribution < 1.29 is 0 Å². The molecule has 0 unspecified atom stereocenters. The summed E-state index contributed by atoms with van der Waals surface area (Å²) in [5.41, 5.74) is 3.52. The molecule has 0 aliphatic rings. The molecule has 1 aromatic rings. The zero-order valence-corrected chi connectivity index (χ0v) is 13.0. The highest BCUT2D eigenvalue weighted by atomic mass is 15.3. The quantitative estimate of drug-likeness (QED) is 0.563. The molecular formula is C14H27N5. The van der Waals surface area contributed by atoms with Crippen LogP contribution in [0.25, 0.3) is 0 Å². The summed E-state index contributed by atoms with van der Waals surface area (Å²) in [5, 5.41) is 3.49. The SMILES string of the molecule is CCC(CC)Nc1nc(C(C)(C)C)nc(NN)c1C. The smallest absolute Gasteiger partial charge is 0.148 e. The van der Waals surface area contributed by atoms with E-state index in [4.69, 9.17) is 5.84 Å². The number of rotatable bonds is 5. The molecule has 0 aliphatic carbocycles. The predicted molar refractivity (Wildman–Crippen MR) is 81.3 cm³/mol. The van der Waals surface area contributed by atoms with E-state index in [1.54, 1.807) is 0 Å². The van der Waals surface area contributed by atoms with Crippen molar-refractivity contribution in [2.75, 3.05) is 10.7 Å². The maximum atomic E-state index is 5.56. The lowest BCUT2D eigenvalue weighted by atomic mass is 9.95. The topological polar surface area (TPSA) is 75.9 Å². The minimum Gasteiger partial charge on any atom is -0.367 e. The zero-order valence-electron chi connectivity index (χ0n) is 13.0. The second-order valence-electron chi connectivity index (χ2n) is 5.92. The minimum absolute atomic E-state index is 0.107. The van der Waals surface area contributed by atoms with Crippen LogP contribution in [0, 0.1) is 6.92 Å². The van der Waals surface area contributed by atoms with Crippen molar-refractivity contribution in [3.63, 3.8) is 0 Å². The second-order valence-corrected chi connectivity index (χ2v) is 5.92. The number of hydrogen-bond donors (Lipinski definition) is 3. The molecule has 0 fully saturated rings. The highest BCUT2D eigenvalue weighted by molar-refractivity contribution is 5.57. The molecule has 0 aliphatic heterocycles. The Morgan fingerprint density at radius 2 is 1.63 bits per heavy atom. The summed E-state index contributed by atoms with van der Waals surface area (Å²) < 4.78 is 0. The Morgan fingerprint density at radius 3 is 2.05 bits per heavy atom. The first-order chi connectivity index (χ1) is 8.83. The van der Waals surface area contributed by atoms with Crippen LogP contribution in [0.5, 0.6) is 0 Å². The Kier molecular flexibility index (Phi) is 5.11. The van der Waals surface area contributed by atoms with Gasteiger partial charge in [0.25, 0.3) is 0 Å². The highest BCUT2D eigenvalue weighted by Crippen LogP contribution is 2.26. The first-order valence-corrected chi connectivity index (χ1v) is 6.95. The van der Waals surface area contributed by atoms with Crippen LogP contribution in [0.15, 0.2) is 0 Å². The Labute approximate surface area is 116 Å². The van der Waals surface area contributed by atoms with Crippen LogP contribution >= 0.6 is 0 Å². The van der Waals surface area contributed by atoms with E-state index in [1.165, 1.54) is 0 Å². The number of nitrogens with one attached hydrogen (secondary N) is 2. The van der Waals surface area contributed by atoms with Crippen molar-refractivity contribution in [1.29, 1.82) is 0 Å². The largest absolute Gasteiger partial charge is 0.367 e. The zero-order chi connectivity index (χ0) is 14.6. The van der Waals surface area contributed by atoms with Crippen molar-refractivity contribution in [3.8, 4) is 0 Å². The molecule has 5 heteroatoms. The van der Waals surface area contributed by atoms with Gasteiger partial charge in [-0.1, -0.05) is 34.6 Å². The van der Waals surface area contributed by atoms with E-state index < -0.39 is 0 Å². The summed E-state index contributed by atoms with van der Waals surface area (Å²) in [6.07, 6.45) is 2.13. The number of anilines is 2. The van der Waals surface area contributed by atoms with Crippen LogP contribution in [0.4, 0.5) is 11.6 Å². The van der Waals surface area contributed by atoms with E-state index in [2.05, 4.69) is 55.3 Å². The van der Waals surface area contributed by atoms with Crippen LogP contribution in [0.3, 0.4) is 0 Å². The van der Waals surface area contributed by atoms with Crippen LogP contribution < -0.4 is 16.6 Å². The van der Waals surface area contributed by atoms with Gasteiger partial charge in [-0.2, -0.15) is 0 Å². The van der Waals surface area contributed by atoms with E-state index in [0.717, 1.165) is 30.0 Å². The Bertz CT molecular complexity index is 419. The number of nitrogens with zero attached hydrogens (tertiary/aromatic N) is 2. The van der Waals surface area contributed by atoms with Gasteiger partial charge < -0.3 is 10.7 Å². The molecule has 0 radical (unpaired) electrons. The molecule has 1 aromatic heterocycles. The number of aromatic nitrogens is 2. The average molecular weight is 265 g/mol. The fraction of sp³-hybridized carbons (Fsp3) is 0.714. The van der Waals surface area contributed by atoms with Gasteiger partial charge in [0.1, 0.15) is 17.5 Å². The summed E-state index contributed by atoms with van der Waals surface area (Å²) in [7, 11) is 0. The van der Waals surface area contributed by atoms with Crippen molar-refractivity contribution in [2.24, 2.45) is 5.84 Å². The Morgan fingerprint density at radius 1 is 1.11 bits per heavy atom. The standard InChI is InChI=1S/C14H27N5/c1-7-10(8-2)16-11-9(3)12(19-15)18-13(17-11)14(4,5)6/h10H,7-8,15H2,1-6H3,(H2,16,17,18,19). The monoisotopic (exact) mass is 265 g/mol. The van der Waals surface area contributed by atoms with Crippen LogP contribution in [-0.2, 0) is 5.41 Å². The van der Waals surface area contributed by atoms with Gasteiger partial charge in [0.15, 0.2) is 0 Å². The van der Waals surface area contributed by atoms with Crippen LogP contribution in [-0.4, -0.2) is 16.0 Å². The lowest BCUT2D eigenvalue weighted by Crippen LogP contribution is -2.24.